The van der Waals surface area contributed by atoms with Gasteiger partial charge in [0, 0.05) is 38.1 Å². The van der Waals surface area contributed by atoms with E-state index in [1.165, 1.54) is 14.2 Å². The number of rotatable bonds is 13. The molecule has 1 N–H and O–H groups in total. The highest BCUT2D eigenvalue weighted by atomic mass is 19.1. The zero-order valence-corrected chi connectivity index (χ0v) is 20.0. The van der Waals surface area contributed by atoms with Crippen molar-refractivity contribution in [3.8, 4) is 11.5 Å². The smallest absolute Gasteiger partial charge is 0.255 e. The van der Waals surface area contributed by atoms with Gasteiger partial charge in [-0.15, -0.1) is 6.58 Å². The van der Waals surface area contributed by atoms with Crippen LogP contribution in [-0.2, 0) is 17.8 Å². The predicted octanol–water partition coefficient (Wildman–Crippen LogP) is 3.58. The standard InChI is InChI=1S/C26H34FN3O4/c1-4-11-30-17-22(34-18-20-8-6-10-28-15-20)14-21(30)16-29-26(31)23-12-19(7-5-9-27)13-24(32-2)25(23)33-3/h4,6,8,10,12-13,15,21-22H,1,5,7,9,11,14,16-18H2,2-3H3,(H,29,31)/t21-,22+/m0/s1. The number of carbonyl (C=O) groups is 1. The van der Waals surface area contributed by atoms with Crippen LogP contribution in [-0.4, -0.2) is 68.5 Å². The van der Waals surface area contributed by atoms with Crippen molar-refractivity contribution >= 4 is 5.91 Å². The lowest BCUT2D eigenvalue weighted by atomic mass is 10.0. The predicted molar refractivity (Wildman–Crippen MR) is 129 cm³/mol. The van der Waals surface area contributed by atoms with Crippen molar-refractivity contribution in [1.82, 2.24) is 15.2 Å². The largest absolute Gasteiger partial charge is 0.493 e. The van der Waals surface area contributed by atoms with Gasteiger partial charge in [-0.25, -0.2) is 0 Å². The molecule has 1 aromatic carbocycles. The van der Waals surface area contributed by atoms with Crippen LogP contribution >= 0.6 is 0 Å². The molecule has 1 amide bonds. The average molecular weight is 472 g/mol. The van der Waals surface area contributed by atoms with Crippen molar-refractivity contribution in [2.75, 3.05) is 40.5 Å². The number of aromatic nitrogens is 1. The number of hydrogen-bond donors (Lipinski definition) is 1. The molecule has 8 heteroatoms. The molecule has 1 saturated heterocycles. The summed E-state index contributed by atoms with van der Waals surface area (Å²) in [6, 6.07) is 7.54. The number of nitrogens with one attached hydrogen (secondary N) is 1. The van der Waals surface area contributed by atoms with Gasteiger partial charge in [-0.2, -0.15) is 0 Å². The van der Waals surface area contributed by atoms with E-state index in [0.29, 0.717) is 49.6 Å². The maximum atomic E-state index is 13.1. The van der Waals surface area contributed by atoms with E-state index in [-0.39, 0.29) is 18.1 Å². The second-order valence-corrected chi connectivity index (χ2v) is 8.31. The van der Waals surface area contributed by atoms with E-state index in [9.17, 15) is 9.18 Å². The van der Waals surface area contributed by atoms with Gasteiger partial charge in [0.15, 0.2) is 11.5 Å². The summed E-state index contributed by atoms with van der Waals surface area (Å²) in [4.78, 5) is 19.5. The number of pyridine rings is 1. The molecule has 1 aromatic heterocycles. The van der Waals surface area contributed by atoms with Gasteiger partial charge in [0.05, 0.1) is 39.2 Å². The van der Waals surface area contributed by atoms with Crippen LogP contribution in [0.2, 0.25) is 0 Å². The Morgan fingerprint density at radius 1 is 1.32 bits per heavy atom. The van der Waals surface area contributed by atoms with Crippen LogP contribution in [0.1, 0.15) is 34.3 Å². The summed E-state index contributed by atoms with van der Waals surface area (Å²) in [7, 11) is 3.03. The fraction of sp³-hybridized carbons (Fsp3) is 0.462. The quantitative estimate of drug-likeness (QED) is 0.450. The first-order chi connectivity index (χ1) is 16.6. The third-order valence-electron chi connectivity index (χ3n) is 5.94. The molecule has 34 heavy (non-hydrogen) atoms. The highest BCUT2D eigenvalue weighted by Crippen LogP contribution is 2.33. The van der Waals surface area contributed by atoms with E-state index in [0.717, 1.165) is 24.1 Å². The second kappa shape index (κ2) is 13.1. The van der Waals surface area contributed by atoms with Crippen LogP contribution in [0.5, 0.6) is 11.5 Å². The number of hydrogen-bond acceptors (Lipinski definition) is 6. The van der Waals surface area contributed by atoms with Gasteiger partial charge in [0.25, 0.3) is 5.91 Å². The zero-order valence-electron chi connectivity index (χ0n) is 20.0. The number of benzene rings is 1. The lowest BCUT2D eigenvalue weighted by molar-refractivity contribution is 0.0472. The van der Waals surface area contributed by atoms with E-state index in [1.807, 2.05) is 18.2 Å². The summed E-state index contributed by atoms with van der Waals surface area (Å²) in [5.74, 6) is 0.577. The number of alkyl halides is 1. The van der Waals surface area contributed by atoms with Crippen molar-refractivity contribution in [2.45, 2.75) is 38.0 Å². The maximum absolute atomic E-state index is 13.1. The molecule has 3 rings (SSSR count). The fourth-order valence-corrected chi connectivity index (χ4v) is 4.27. The molecule has 0 spiro atoms. The Labute approximate surface area is 200 Å². The number of likely N-dealkylation sites (tertiary alicyclic amines) is 1. The van der Waals surface area contributed by atoms with Gasteiger partial charge in [-0.05, 0) is 48.6 Å². The number of carbonyl (C=O) groups excluding carboxylic acids is 1. The number of amides is 1. The lowest BCUT2D eigenvalue weighted by Gasteiger charge is -2.23. The zero-order chi connectivity index (χ0) is 24.3. The molecule has 0 aliphatic carbocycles. The Bertz CT molecular complexity index is 941. The third-order valence-corrected chi connectivity index (χ3v) is 5.94. The molecule has 184 valence electrons. The highest BCUT2D eigenvalue weighted by molar-refractivity contribution is 5.98. The Balaban J connectivity index is 1.65. The van der Waals surface area contributed by atoms with E-state index in [1.54, 1.807) is 24.5 Å². The normalized spacial score (nSPS) is 18.0. The van der Waals surface area contributed by atoms with Crippen molar-refractivity contribution < 1.29 is 23.4 Å². The summed E-state index contributed by atoms with van der Waals surface area (Å²) in [5.41, 5.74) is 2.25. The first kappa shape index (κ1) is 25.6. The monoisotopic (exact) mass is 471 g/mol. The van der Waals surface area contributed by atoms with Crippen molar-refractivity contribution in [1.29, 1.82) is 0 Å². The number of halogens is 1. The third kappa shape index (κ3) is 6.77. The van der Waals surface area contributed by atoms with E-state index < -0.39 is 6.67 Å². The minimum atomic E-state index is -0.416. The van der Waals surface area contributed by atoms with Gasteiger partial charge >= 0.3 is 0 Å². The molecule has 0 saturated carbocycles. The van der Waals surface area contributed by atoms with E-state index >= 15 is 0 Å². The summed E-state index contributed by atoms with van der Waals surface area (Å²) in [6.07, 6.45) is 7.16. The maximum Gasteiger partial charge on any atom is 0.255 e. The van der Waals surface area contributed by atoms with Crippen LogP contribution in [0, 0.1) is 0 Å². The minimum Gasteiger partial charge on any atom is -0.493 e. The molecule has 2 heterocycles. The highest BCUT2D eigenvalue weighted by Gasteiger charge is 2.32. The topological polar surface area (TPSA) is 72.9 Å². The minimum absolute atomic E-state index is 0.0562. The van der Waals surface area contributed by atoms with Crippen LogP contribution in [0.3, 0.4) is 0 Å². The number of nitrogens with zero attached hydrogens (tertiary/aromatic N) is 2. The molecule has 1 aliphatic heterocycles. The van der Waals surface area contributed by atoms with Gasteiger partial charge in [-0.1, -0.05) is 12.1 Å². The first-order valence-corrected chi connectivity index (χ1v) is 11.5. The number of aryl methyl sites for hydroxylation is 1. The SMILES string of the molecule is C=CCN1C[C@H](OCc2cccnc2)C[C@H]1CNC(=O)c1cc(CCCF)cc(OC)c1OC. The molecule has 7 nitrogen and oxygen atoms in total. The van der Waals surface area contributed by atoms with Crippen LogP contribution in [0.4, 0.5) is 4.39 Å². The molecule has 0 bridgehead atoms. The Morgan fingerprint density at radius 3 is 2.85 bits per heavy atom. The summed E-state index contributed by atoms with van der Waals surface area (Å²) in [5, 5.41) is 3.04. The van der Waals surface area contributed by atoms with Gasteiger partial charge in [0.1, 0.15) is 0 Å². The van der Waals surface area contributed by atoms with Crippen molar-refractivity contribution in [3.63, 3.8) is 0 Å². The molecule has 1 aliphatic rings. The summed E-state index contributed by atoms with van der Waals surface area (Å²) >= 11 is 0. The summed E-state index contributed by atoms with van der Waals surface area (Å²) < 4.78 is 29.7. The van der Waals surface area contributed by atoms with E-state index in [4.69, 9.17) is 14.2 Å². The summed E-state index contributed by atoms with van der Waals surface area (Å²) in [6.45, 7) is 5.88. The van der Waals surface area contributed by atoms with Gasteiger partial charge in [-0.3, -0.25) is 19.1 Å². The van der Waals surface area contributed by atoms with Crippen molar-refractivity contribution in [3.05, 3.63) is 66.0 Å². The first-order valence-electron chi connectivity index (χ1n) is 11.5. The number of ether oxygens (including phenoxy) is 3. The average Bonchev–Trinajstić information content (AvgIpc) is 3.26. The molecule has 0 radical (unpaired) electrons. The Hall–Kier alpha value is -2.97. The fourth-order valence-electron chi connectivity index (χ4n) is 4.27. The lowest BCUT2D eigenvalue weighted by Crippen LogP contribution is -2.40. The van der Waals surface area contributed by atoms with Crippen LogP contribution in [0.15, 0.2) is 49.3 Å². The molecule has 2 aromatic rings. The van der Waals surface area contributed by atoms with Crippen LogP contribution < -0.4 is 14.8 Å². The van der Waals surface area contributed by atoms with Gasteiger partial charge < -0.3 is 19.5 Å². The molecular weight excluding hydrogens is 437 g/mol. The Kier molecular flexibility index (Phi) is 9.85. The number of methoxy groups -OCH3 is 2. The molecule has 0 unspecified atom stereocenters. The molecule has 1 fully saturated rings. The van der Waals surface area contributed by atoms with Crippen molar-refractivity contribution in [2.24, 2.45) is 0 Å². The Morgan fingerprint density at radius 2 is 2.18 bits per heavy atom. The van der Waals surface area contributed by atoms with E-state index in [2.05, 4.69) is 21.8 Å². The van der Waals surface area contributed by atoms with Crippen LogP contribution in [0.25, 0.3) is 0 Å². The molecular formula is C26H34FN3O4. The second-order valence-electron chi connectivity index (χ2n) is 8.31. The molecule has 2 atom stereocenters. The van der Waals surface area contributed by atoms with Gasteiger partial charge in [0.2, 0.25) is 0 Å².